The molecule has 2 unspecified atom stereocenters. The molecule has 0 saturated heterocycles. The van der Waals surface area contributed by atoms with Crippen molar-refractivity contribution in [2.75, 3.05) is 13.2 Å². The van der Waals surface area contributed by atoms with Crippen molar-refractivity contribution in [3.8, 4) is 11.5 Å². The SMILES string of the molecule is CCOc1cccc(C(CC)CC(O)CN)c1O. The van der Waals surface area contributed by atoms with E-state index in [9.17, 15) is 10.2 Å². The molecule has 4 heteroatoms. The second-order valence-corrected chi connectivity index (χ2v) is 4.36. The van der Waals surface area contributed by atoms with E-state index < -0.39 is 6.10 Å². The Morgan fingerprint density at radius 2 is 2.06 bits per heavy atom. The molecule has 102 valence electrons. The van der Waals surface area contributed by atoms with Gasteiger partial charge in [0.05, 0.1) is 12.7 Å². The molecule has 1 aromatic rings. The summed E-state index contributed by atoms with van der Waals surface area (Å²) in [7, 11) is 0. The monoisotopic (exact) mass is 253 g/mol. The van der Waals surface area contributed by atoms with Crippen molar-refractivity contribution < 1.29 is 14.9 Å². The molecule has 0 saturated carbocycles. The normalized spacial score (nSPS) is 14.2. The van der Waals surface area contributed by atoms with Crippen LogP contribution in [0.4, 0.5) is 0 Å². The average Bonchev–Trinajstić information content (AvgIpc) is 2.38. The third-order valence-electron chi connectivity index (χ3n) is 3.09. The lowest BCUT2D eigenvalue weighted by Gasteiger charge is -2.20. The number of hydrogen-bond donors (Lipinski definition) is 3. The molecule has 1 rings (SSSR count). The highest BCUT2D eigenvalue weighted by molar-refractivity contribution is 5.47. The molecule has 0 aliphatic heterocycles. The summed E-state index contributed by atoms with van der Waals surface area (Å²) in [5.41, 5.74) is 6.25. The van der Waals surface area contributed by atoms with Gasteiger partial charge in [0.15, 0.2) is 11.5 Å². The smallest absolute Gasteiger partial charge is 0.161 e. The van der Waals surface area contributed by atoms with E-state index in [4.69, 9.17) is 10.5 Å². The van der Waals surface area contributed by atoms with Crippen LogP contribution in [0.3, 0.4) is 0 Å². The number of rotatable bonds is 7. The summed E-state index contributed by atoms with van der Waals surface area (Å²) >= 11 is 0. The lowest BCUT2D eigenvalue weighted by atomic mass is 9.90. The van der Waals surface area contributed by atoms with E-state index in [1.165, 1.54) is 0 Å². The Morgan fingerprint density at radius 1 is 1.33 bits per heavy atom. The van der Waals surface area contributed by atoms with Crippen LogP contribution in [0.15, 0.2) is 18.2 Å². The van der Waals surface area contributed by atoms with E-state index in [-0.39, 0.29) is 18.2 Å². The second-order valence-electron chi connectivity index (χ2n) is 4.36. The number of ether oxygens (including phenoxy) is 1. The maximum absolute atomic E-state index is 10.2. The van der Waals surface area contributed by atoms with Gasteiger partial charge in [0.25, 0.3) is 0 Å². The van der Waals surface area contributed by atoms with E-state index >= 15 is 0 Å². The van der Waals surface area contributed by atoms with Crippen molar-refractivity contribution >= 4 is 0 Å². The molecule has 18 heavy (non-hydrogen) atoms. The minimum atomic E-state index is -0.537. The van der Waals surface area contributed by atoms with Crippen LogP contribution in [0, 0.1) is 0 Å². The zero-order valence-electron chi connectivity index (χ0n) is 11.1. The predicted molar refractivity (Wildman–Crippen MR) is 72.0 cm³/mol. The topological polar surface area (TPSA) is 75.7 Å². The Hall–Kier alpha value is -1.26. The molecule has 0 amide bonds. The molecule has 1 aromatic carbocycles. The summed E-state index contributed by atoms with van der Waals surface area (Å²) in [4.78, 5) is 0. The first-order chi connectivity index (χ1) is 8.63. The van der Waals surface area contributed by atoms with Crippen LogP contribution in [0.2, 0.25) is 0 Å². The van der Waals surface area contributed by atoms with E-state index in [0.29, 0.717) is 18.8 Å². The molecule has 0 aliphatic carbocycles. The first-order valence-corrected chi connectivity index (χ1v) is 6.46. The van der Waals surface area contributed by atoms with Crippen LogP contribution in [-0.4, -0.2) is 29.5 Å². The Balaban J connectivity index is 2.94. The molecular formula is C14H23NO3. The Bertz CT molecular complexity index is 368. The Morgan fingerprint density at radius 3 is 2.61 bits per heavy atom. The minimum Gasteiger partial charge on any atom is -0.504 e. The van der Waals surface area contributed by atoms with Gasteiger partial charge in [-0.05, 0) is 31.7 Å². The first kappa shape index (κ1) is 14.8. The fourth-order valence-electron chi connectivity index (χ4n) is 2.08. The molecule has 2 atom stereocenters. The van der Waals surface area contributed by atoms with Crippen molar-refractivity contribution in [1.29, 1.82) is 0 Å². The summed E-state index contributed by atoms with van der Waals surface area (Å²) in [5, 5.41) is 19.8. The van der Waals surface area contributed by atoms with Gasteiger partial charge >= 0.3 is 0 Å². The van der Waals surface area contributed by atoms with Gasteiger partial charge in [-0.3, -0.25) is 0 Å². The largest absolute Gasteiger partial charge is 0.504 e. The van der Waals surface area contributed by atoms with E-state index in [1.54, 1.807) is 6.07 Å². The quantitative estimate of drug-likeness (QED) is 0.694. The van der Waals surface area contributed by atoms with Crippen molar-refractivity contribution in [3.05, 3.63) is 23.8 Å². The van der Waals surface area contributed by atoms with Crippen LogP contribution >= 0.6 is 0 Å². The van der Waals surface area contributed by atoms with E-state index in [2.05, 4.69) is 0 Å². The molecule has 0 heterocycles. The van der Waals surface area contributed by atoms with Gasteiger partial charge in [0, 0.05) is 12.1 Å². The highest BCUT2D eigenvalue weighted by Crippen LogP contribution is 2.37. The molecule has 4 N–H and O–H groups in total. The molecule has 0 spiro atoms. The summed E-state index contributed by atoms with van der Waals surface area (Å²) in [6.07, 6.45) is 0.848. The molecule has 0 fully saturated rings. The van der Waals surface area contributed by atoms with Crippen molar-refractivity contribution in [3.63, 3.8) is 0 Å². The van der Waals surface area contributed by atoms with E-state index in [1.807, 2.05) is 26.0 Å². The Labute approximate surface area is 108 Å². The maximum atomic E-state index is 10.2. The van der Waals surface area contributed by atoms with Crippen molar-refractivity contribution in [2.24, 2.45) is 5.73 Å². The van der Waals surface area contributed by atoms with Gasteiger partial charge in [-0.15, -0.1) is 0 Å². The van der Waals surface area contributed by atoms with E-state index in [0.717, 1.165) is 12.0 Å². The minimum absolute atomic E-state index is 0.0870. The van der Waals surface area contributed by atoms with Crippen molar-refractivity contribution in [1.82, 2.24) is 0 Å². The maximum Gasteiger partial charge on any atom is 0.161 e. The van der Waals surface area contributed by atoms with Gasteiger partial charge in [-0.1, -0.05) is 19.1 Å². The number of hydrogen-bond acceptors (Lipinski definition) is 4. The Kier molecular flexibility index (Phi) is 5.95. The summed E-state index contributed by atoms with van der Waals surface area (Å²) in [5.74, 6) is 0.759. The summed E-state index contributed by atoms with van der Waals surface area (Å²) < 4.78 is 5.37. The van der Waals surface area contributed by atoms with Crippen LogP contribution in [0.5, 0.6) is 11.5 Å². The number of para-hydroxylation sites is 1. The van der Waals surface area contributed by atoms with Gasteiger partial charge in [-0.2, -0.15) is 0 Å². The standard InChI is InChI=1S/C14H23NO3/c1-3-10(8-11(16)9-15)12-6-5-7-13(14(12)17)18-4-2/h5-7,10-11,16-17H,3-4,8-9,15H2,1-2H3. The lowest BCUT2D eigenvalue weighted by Crippen LogP contribution is -2.22. The lowest BCUT2D eigenvalue weighted by molar-refractivity contribution is 0.161. The van der Waals surface area contributed by atoms with Gasteiger partial charge in [-0.25, -0.2) is 0 Å². The van der Waals surface area contributed by atoms with Crippen LogP contribution in [0.1, 0.15) is 38.2 Å². The number of phenols is 1. The number of nitrogens with two attached hydrogens (primary N) is 1. The third kappa shape index (κ3) is 3.62. The number of benzene rings is 1. The fourth-order valence-corrected chi connectivity index (χ4v) is 2.08. The summed E-state index contributed by atoms with van der Waals surface area (Å²) in [6.45, 7) is 4.66. The van der Waals surface area contributed by atoms with Gasteiger partial charge in [0.1, 0.15) is 0 Å². The van der Waals surface area contributed by atoms with Crippen molar-refractivity contribution in [2.45, 2.75) is 38.7 Å². The molecule has 0 aliphatic rings. The number of aromatic hydroxyl groups is 1. The zero-order valence-corrected chi connectivity index (χ0v) is 11.1. The highest BCUT2D eigenvalue weighted by Gasteiger charge is 2.19. The first-order valence-electron chi connectivity index (χ1n) is 6.46. The zero-order chi connectivity index (χ0) is 13.5. The fraction of sp³-hybridized carbons (Fsp3) is 0.571. The number of aliphatic hydroxyl groups excluding tert-OH is 1. The molecule has 0 aromatic heterocycles. The number of phenolic OH excluding ortho intramolecular Hbond substituents is 1. The third-order valence-corrected chi connectivity index (χ3v) is 3.09. The number of aliphatic hydroxyl groups is 1. The average molecular weight is 253 g/mol. The predicted octanol–water partition coefficient (Wildman–Crippen LogP) is 1.99. The molecular weight excluding hydrogens is 230 g/mol. The summed E-state index contributed by atoms with van der Waals surface area (Å²) in [6, 6.07) is 5.47. The van der Waals surface area contributed by atoms with Crippen LogP contribution in [-0.2, 0) is 0 Å². The highest BCUT2D eigenvalue weighted by atomic mass is 16.5. The van der Waals surface area contributed by atoms with Crippen LogP contribution in [0.25, 0.3) is 0 Å². The second kappa shape index (κ2) is 7.24. The molecule has 0 radical (unpaired) electrons. The van der Waals surface area contributed by atoms with Gasteiger partial charge in [0.2, 0.25) is 0 Å². The van der Waals surface area contributed by atoms with Gasteiger partial charge < -0.3 is 20.7 Å². The van der Waals surface area contributed by atoms with Crippen LogP contribution < -0.4 is 10.5 Å². The molecule has 0 bridgehead atoms. The molecule has 4 nitrogen and oxygen atoms in total.